The molecule has 1 unspecified atom stereocenters. The van der Waals surface area contributed by atoms with Crippen molar-refractivity contribution in [3.05, 3.63) is 59.5 Å². The summed E-state index contributed by atoms with van der Waals surface area (Å²) in [5.74, 6) is 0.810. The second-order valence-corrected chi connectivity index (χ2v) is 7.62. The van der Waals surface area contributed by atoms with Gasteiger partial charge in [0.05, 0.1) is 11.3 Å². The van der Waals surface area contributed by atoms with Crippen molar-refractivity contribution in [3.8, 4) is 0 Å². The van der Waals surface area contributed by atoms with Gasteiger partial charge in [-0.3, -0.25) is 4.98 Å². The number of anilines is 1. The Balaban J connectivity index is 1.65. The number of rotatable bonds is 5. The monoisotopic (exact) mass is 378 g/mol. The first-order valence-electron chi connectivity index (χ1n) is 9.78. The fraction of sp³-hybridized carbons (Fsp3) is 0.409. The molecule has 28 heavy (non-hydrogen) atoms. The quantitative estimate of drug-likeness (QED) is 0.708. The lowest BCUT2D eigenvalue weighted by atomic mass is 9.93. The fourth-order valence-corrected chi connectivity index (χ4v) is 3.75. The molecule has 2 N–H and O–H groups in total. The molecule has 1 saturated heterocycles. The van der Waals surface area contributed by atoms with Crippen molar-refractivity contribution in [2.45, 2.75) is 38.2 Å². The van der Waals surface area contributed by atoms with Crippen LogP contribution in [-0.4, -0.2) is 45.6 Å². The molecule has 6 heteroatoms. The van der Waals surface area contributed by atoms with E-state index in [4.69, 9.17) is 4.74 Å². The molecule has 4 rings (SSSR count). The molecule has 1 aliphatic rings. The maximum atomic E-state index is 10.7. The fourth-order valence-electron chi connectivity index (χ4n) is 3.75. The van der Waals surface area contributed by atoms with Gasteiger partial charge in [0, 0.05) is 61.2 Å². The van der Waals surface area contributed by atoms with Crippen LogP contribution in [0.15, 0.2) is 42.6 Å². The number of aliphatic hydroxyl groups is 1. The number of nitrogens with zero attached hydrogens (tertiary/aromatic N) is 3. The van der Waals surface area contributed by atoms with Crippen molar-refractivity contribution in [2.24, 2.45) is 0 Å². The van der Waals surface area contributed by atoms with Gasteiger partial charge in [0.1, 0.15) is 0 Å². The Kier molecular flexibility index (Phi) is 5.24. The van der Waals surface area contributed by atoms with Crippen LogP contribution in [0.5, 0.6) is 0 Å². The third kappa shape index (κ3) is 3.84. The number of pyridine rings is 1. The topological polar surface area (TPSA) is 80.2 Å². The Bertz CT molecular complexity index is 970. The maximum absolute atomic E-state index is 10.7. The van der Waals surface area contributed by atoms with Gasteiger partial charge in [-0.1, -0.05) is 31.2 Å². The molecule has 3 aromatic rings. The molecule has 0 spiro atoms. The van der Waals surface area contributed by atoms with Crippen molar-refractivity contribution in [1.29, 1.82) is 0 Å². The molecule has 0 radical (unpaired) electrons. The maximum Gasteiger partial charge on any atom is 0.156 e. The molecule has 1 aromatic carbocycles. The van der Waals surface area contributed by atoms with E-state index >= 15 is 0 Å². The van der Waals surface area contributed by atoms with E-state index in [9.17, 15) is 5.11 Å². The van der Waals surface area contributed by atoms with Gasteiger partial charge in [-0.15, -0.1) is 5.10 Å². The highest BCUT2D eigenvalue weighted by Crippen LogP contribution is 2.31. The number of benzene rings is 1. The average molecular weight is 378 g/mol. The minimum Gasteiger partial charge on any atom is -0.388 e. The second kappa shape index (κ2) is 7.81. The summed E-state index contributed by atoms with van der Waals surface area (Å²) in [4.78, 5) is 4.29. The molecule has 0 aliphatic carbocycles. The average Bonchev–Trinajstić information content (AvgIpc) is 2.72. The normalized spacial score (nSPS) is 17.4. The van der Waals surface area contributed by atoms with E-state index in [0.29, 0.717) is 38.4 Å². The number of aryl methyl sites for hydroxylation is 1. The molecule has 3 heterocycles. The number of nitrogens with one attached hydrogen (secondary N) is 1. The highest BCUT2D eigenvalue weighted by molar-refractivity contribution is 5.93. The summed E-state index contributed by atoms with van der Waals surface area (Å²) in [6.45, 7) is 5.75. The largest absolute Gasteiger partial charge is 0.388 e. The highest BCUT2D eigenvalue weighted by atomic mass is 16.5. The Morgan fingerprint density at radius 1 is 1.14 bits per heavy atom. The minimum atomic E-state index is -0.762. The number of hydrogen-bond acceptors (Lipinski definition) is 6. The van der Waals surface area contributed by atoms with Gasteiger partial charge in [0.15, 0.2) is 5.82 Å². The van der Waals surface area contributed by atoms with Gasteiger partial charge in [-0.05, 0) is 24.6 Å². The van der Waals surface area contributed by atoms with Crippen molar-refractivity contribution in [2.75, 3.05) is 25.1 Å². The van der Waals surface area contributed by atoms with E-state index in [1.54, 1.807) is 0 Å². The van der Waals surface area contributed by atoms with Gasteiger partial charge >= 0.3 is 0 Å². The minimum absolute atomic E-state index is 0.104. The van der Waals surface area contributed by atoms with Crippen molar-refractivity contribution < 1.29 is 9.84 Å². The van der Waals surface area contributed by atoms with Crippen molar-refractivity contribution in [1.82, 2.24) is 15.2 Å². The summed E-state index contributed by atoms with van der Waals surface area (Å²) < 4.78 is 5.36. The predicted molar refractivity (Wildman–Crippen MR) is 110 cm³/mol. The summed E-state index contributed by atoms with van der Waals surface area (Å²) in [6.07, 6.45) is 3.09. The zero-order valence-electron chi connectivity index (χ0n) is 16.4. The summed E-state index contributed by atoms with van der Waals surface area (Å²) in [5, 5.41) is 25.2. The summed E-state index contributed by atoms with van der Waals surface area (Å²) >= 11 is 0. The summed E-state index contributed by atoms with van der Waals surface area (Å²) in [5.41, 5.74) is 2.34. The lowest BCUT2D eigenvalue weighted by Gasteiger charge is -2.32. The predicted octanol–water partition coefficient (Wildman–Crippen LogP) is 3.44. The van der Waals surface area contributed by atoms with E-state index in [1.807, 2.05) is 37.4 Å². The molecule has 1 aliphatic heterocycles. The van der Waals surface area contributed by atoms with E-state index in [-0.39, 0.29) is 5.92 Å². The van der Waals surface area contributed by atoms with Crippen LogP contribution in [0.4, 0.5) is 5.82 Å². The number of fused-ring (bicyclic) bond motifs is 1. The molecule has 2 aromatic heterocycles. The third-order valence-corrected chi connectivity index (χ3v) is 5.56. The van der Waals surface area contributed by atoms with E-state index in [2.05, 4.69) is 39.6 Å². The van der Waals surface area contributed by atoms with Crippen LogP contribution < -0.4 is 5.32 Å². The number of ether oxygens (including phenoxy) is 1. The SMILES string of the molecule is Cc1cc(C(C)c2nnc(NCC3(O)CCOCC3)c3ccccc23)ccn1. The van der Waals surface area contributed by atoms with Gasteiger partial charge in [0.25, 0.3) is 0 Å². The molecule has 0 saturated carbocycles. The van der Waals surface area contributed by atoms with E-state index < -0.39 is 5.60 Å². The molecule has 146 valence electrons. The van der Waals surface area contributed by atoms with Crippen molar-refractivity contribution in [3.63, 3.8) is 0 Å². The van der Waals surface area contributed by atoms with Gasteiger partial charge < -0.3 is 15.2 Å². The van der Waals surface area contributed by atoms with E-state index in [0.717, 1.165) is 22.2 Å². The Morgan fingerprint density at radius 2 is 1.89 bits per heavy atom. The van der Waals surface area contributed by atoms with Gasteiger partial charge in [-0.2, -0.15) is 5.10 Å². The molecular weight excluding hydrogens is 352 g/mol. The zero-order valence-corrected chi connectivity index (χ0v) is 16.4. The van der Waals surface area contributed by atoms with Crippen LogP contribution in [0.2, 0.25) is 0 Å². The van der Waals surface area contributed by atoms with Crippen LogP contribution >= 0.6 is 0 Å². The first kappa shape index (κ1) is 18.8. The first-order chi connectivity index (χ1) is 13.6. The molecule has 1 atom stereocenters. The summed E-state index contributed by atoms with van der Waals surface area (Å²) in [7, 11) is 0. The highest BCUT2D eigenvalue weighted by Gasteiger charge is 2.30. The standard InChI is InChI=1S/C22H26N4O2/c1-15-13-17(7-10-23-15)16(2)20-18-5-3-4-6-19(18)21(26-25-20)24-14-22(27)8-11-28-12-9-22/h3-7,10,13,16,27H,8-9,11-12,14H2,1-2H3,(H,24,26). The second-order valence-electron chi connectivity index (χ2n) is 7.62. The van der Waals surface area contributed by atoms with Crippen LogP contribution in [0.3, 0.4) is 0 Å². The lowest BCUT2D eigenvalue weighted by Crippen LogP contribution is -2.42. The van der Waals surface area contributed by atoms with Gasteiger partial charge in [-0.25, -0.2) is 0 Å². The third-order valence-electron chi connectivity index (χ3n) is 5.56. The zero-order chi connectivity index (χ0) is 19.6. The van der Waals surface area contributed by atoms with E-state index in [1.165, 1.54) is 5.56 Å². The Morgan fingerprint density at radius 3 is 2.64 bits per heavy atom. The smallest absolute Gasteiger partial charge is 0.156 e. The molecule has 0 amide bonds. The van der Waals surface area contributed by atoms with Crippen LogP contribution in [0.1, 0.15) is 42.6 Å². The number of hydrogen-bond donors (Lipinski definition) is 2. The molecule has 0 bridgehead atoms. The van der Waals surface area contributed by atoms with Crippen LogP contribution in [0.25, 0.3) is 10.8 Å². The molecule has 6 nitrogen and oxygen atoms in total. The molecular formula is C22H26N4O2. The summed E-state index contributed by atoms with van der Waals surface area (Å²) in [6, 6.07) is 12.3. The van der Waals surface area contributed by atoms with Crippen molar-refractivity contribution >= 4 is 16.6 Å². The lowest BCUT2D eigenvalue weighted by molar-refractivity contribution is -0.0543. The number of aromatic nitrogens is 3. The Labute approximate surface area is 165 Å². The van der Waals surface area contributed by atoms with Gasteiger partial charge in [0.2, 0.25) is 0 Å². The Hall–Kier alpha value is -2.57. The first-order valence-corrected chi connectivity index (χ1v) is 9.78. The van der Waals surface area contributed by atoms with Crippen LogP contribution in [0, 0.1) is 6.92 Å². The molecule has 1 fully saturated rings. The van der Waals surface area contributed by atoms with Crippen LogP contribution in [-0.2, 0) is 4.74 Å².